The molecule has 1 saturated carbocycles. The summed E-state index contributed by atoms with van der Waals surface area (Å²) >= 11 is 1.58. The Balaban J connectivity index is 1.51. The smallest absolute Gasteiger partial charge is 0.215 e. The lowest BCUT2D eigenvalue weighted by molar-refractivity contribution is 0.116. The van der Waals surface area contributed by atoms with Gasteiger partial charge in [-0.15, -0.1) is 0 Å². The van der Waals surface area contributed by atoms with Crippen molar-refractivity contribution >= 4 is 37.8 Å². The van der Waals surface area contributed by atoms with Crippen LogP contribution in [0.1, 0.15) is 37.1 Å². The van der Waals surface area contributed by atoms with E-state index in [4.69, 9.17) is 9.72 Å². The quantitative estimate of drug-likeness (QED) is 0.493. The Hall–Kier alpha value is -3.22. The van der Waals surface area contributed by atoms with E-state index in [1.807, 2.05) is 18.2 Å². The molecule has 0 spiro atoms. The van der Waals surface area contributed by atoms with E-state index in [9.17, 15) is 10.4 Å². The van der Waals surface area contributed by atoms with Crippen molar-refractivity contribution in [3.8, 4) is 11.9 Å². The van der Waals surface area contributed by atoms with E-state index in [2.05, 4.69) is 21.4 Å². The molecule has 2 atom stereocenters. The van der Waals surface area contributed by atoms with Gasteiger partial charge in [0, 0.05) is 6.07 Å². The third-order valence-corrected chi connectivity index (χ3v) is 6.70. The second kappa shape index (κ2) is 8.13. The topological polar surface area (TPSA) is 109 Å². The Morgan fingerprint density at radius 1 is 1.23 bits per heavy atom. The highest BCUT2D eigenvalue weighted by Gasteiger charge is 2.24. The summed E-state index contributed by atoms with van der Waals surface area (Å²) in [6.45, 7) is 0.423. The van der Waals surface area contributed by atoms with E-state index in [0.29, 0.717) is 29.4 Å². The second-order valence-corrected chi connectivity index (χ2v) is 8.75. The van der Waals surface area contributed by atoms with Crippen LogP contribution in [0.5, 0.6) is 5.88 Å². The standard InChI is InChI=1S/C22H22N6O2S/c1-30-19-10-9-15-21(26-19)28(18(11-23)24-15)12-13-5-4-8-17-20(13)27-22(31-17)25-14-6-2-3-7-16(14)29/h4-5,8-10,14,16,29H,2-3,6-7,12H2,1H3,(H,25,27). The number of benzene rings is 1. The molecule has 9 heteroatoms. The van der Waals surface area contributed by atoms with Gasteiger partial charge in [0.25, 0.3) is 0 Å². The largest absolute Gasteiger partial charge is 0.481 e. The minimum absolute atomic E-state index is 0.0391. The zero-order chi connectivity index (χ0) is 21.4. The first-order valence-electron chi connectivity index (χ1n) is 10.3. The molecule has 0 amide bonds. The summed E-state index contributed by atoms with van der Waals surface area (Å²) in [5, 5.41) is 24.1. The van der Waals surface area contributed by atoms with Gasteiger partial charge in [0.2, 0.25) is 11.7 Å². The van der Waals surface area contributed by atoms with Gasteiger partial charge < -0.3 is 15.2 Å². The molecule has 3 aromatic heterocycles. The minimum atomic E-state index is -0.336. The number of aliphatic hydroxyl groups excluding tert-OH is 1. The molecule has 0 aliphatic heterocycles. The van der Waals surface area contributed by atoms with Crippen LogP contribution in [0.3, 0.4) is 0 Å². The Morgan fingerprint density at radius 3 is 2.90 bits per heavy atom. The molecule has 1 aromatic carbocycles. The van der Waals surface area contributed by atoms with Gasteiger partial charge in [0.15, 0.2) is 10.8 Å². The van der Waals surface area contributed by atoms with Crippen LogP contribution in [-0.2, 0) is 6.54 Å². The monoisotopic (exact) mass is 434 g/mol. The number of rotatable bonds is 5. The van der Waals surface area contributed by atoms with E-state index in [1.165, 1.54) is 0 Å². The maximum Gasteiger partial charge on any atom is 0.215 e. The molecule has 4 aromatic rings. The molecule has 0 radical (unpaired) electrons. The van der Waals surface area contributed by atoms with Crippen molar-refractivity contribution in [1.29, 1.82) is 5.26 Å². The van der Waals surface area contributed by atoms with E-state index >= 15 is 0 Å². The summed E-state index contributed by atoms with van der Waals surface area (Å²) in [6, 6.07) is 11.8. The maximum absolute atomic E-state index is 10.3. The lowest BCUT2D eigenvalue weighted by Gasteiger charge is -2.28. The molecule has 158 valence electrons. The van der Waals surface area contributed by atoms with Gasteiger partial charge >= 0.3 is 0 Å². The van der Waals surface area contributed by atoms with Crippen LogP contribution in [0.25, 0.3) is 21.4 Å². The number of para-hydroxylation sites is 1. The summed E-state index contributed by atoms with van der Waals surface area (Å²) in [7, 11) is 1.56. The van der Waals surface area contributed by atoms with Crippen molar-refractivity contribution in [3.05, 3.63) is 41.7 Å². The number of imidazole rings is 1. The van der Waals surface area contributed by atoms with Crippen LogP contribution < -0.4 is 10.1 Å². The van der Waals surface area contributed by atoms with Crippen LogP contribution in [0.15, 0.2) is 30.3 Å². The van der Waals surface area contributed by atoms with E-state index in [-0.39, 0.29) is 12.1 Å². The number of anilines is 1. The van der Waals surface area contributed by atoms with Crippen LogP contribution in [0.4, 0.5) is 5.13 Å². The normalized spacial score (nSPS) is 18.9. The average Bonchev–Trinajstić information content (AvgIpc) is 3.36. The van der Waals surface area contributed by atoms with Gasteiger partial charge in [0.1, 0.15) is 11.6 Å². The number of nitriles is 1. The lowest BCUT2D eigenvalue weighted by atomic mass is 9.93. The highest BCUT2D eigenvalue weighted by atomic mass is 32.1. The number of aliphatic hydroxyl groups is 1. The van der Waals surface area contributed by atoms with E-state index < -0.39 is 0 Å². The number of ether oxygens (including phenoxy) is 1. The zero-order valence-electron chi connectivity index (χ0n) is 17.1. The second-order valence-electron chi connectivity index (χ2n) is 7.72. The van der Waals surface area contributed by atoms with Gasteiger partial charge in [-0.05, 0) is 30.5 Å². The maximum atomic E-state index is 10.3. The highest BCUT2D eigenvalue weighted by Crippen LogP contribution is 2.32. The summed E-state index contributed by atoms with van der Waals surface area (Å²) < 4.78 is 8.10. The third-order valence-electron chi connectivity index (χ3n) is 5.75. The Labute approximate surface area is 183 Å². The molecule has 2 unspecified atom stereocenters. The Kier molecular flexibility index (Phi) is 5.18. The summed E-state index contributed by atoms with van der Waals surface area (Å²) in [4.78, 5) is 13.7. The molecule has 8 nitrogen and oxygen atoms in total. The van der Waals surface area contributed by atoms with Gasteiger partial charge in [-0.3, -0.25) is 4.57 Å². The van der Waals surface area contributed by atoms with Gasteiger partial charge in [-0.1, -0.05) is 36.3 Å². The van der Waals surface area contributed by atoms with E-state index in [1.54, 1.807) is 35.1 Å². The molecule has 2 N–H and O–H groups in total. The zero-order valence-corrected chi connectivity index (χ0v) is 17.9. The molecule has 5 rings (SSSR count). The minimum Gasteiger partial charge on any atom is -0.481 e. The predicted octanol–water partition coefficient (Wildman–Crippen LogP) is 3.68. The summed E-state index contributed by atoms with van der Waals surface area (Å²) in [5.41, 5.74) is 3.11. The first-order chi connectivity index (χ1) is 15.2. The number of nitrogens with one attached hydrogen (secondary N) is 1. The third kappa shape index (κ3) is 3.69. The van der Waals surface area contributed by atoms with Crippen molar-refractivity contribution in [2.75, 3.05) is 12.4 Å². The van der Waals surface area contributed by atoms with Crippen LogP contribution in [-0.4, -0.2) is 43.9 Å². The number of aromatic nitrogens is 4. The van der Waals surface area contributed by atoms with Gasteiger partial charge in [-0.2, -0.15) is 10.2 Å². The molecule has 31 heavy (non-hydrogen) atoms. The van der Waals surface area contributed by atoms with Crippen molar-refractivity contribution < 1.29 is 9.84 Å². The molecular weight excluding hydrogens is 412 g/mol. The Bertz CT molecular complexity index is 1290. The molecule has 3 heterocycles. The SMILES string of the molecule is COc1ccc2nc(C#N)n(Cc3cccc4sc(NC5CCCCC5O)nc34)c2n1. The number of methoxy groups -OCH3 is 1. The fourth-order valence-electron chi connectivity index (χ4n) is 4.14. The molecule has 1 aliphatic rings. The molecular formula is C22H22N6O2S. The number of hydrogen-bond acceptors (Lipinski definition) is 8. The number of nitrogens with zero attached hydrogens (tertiary/aromatic N) is 5. The highest BCUT2D eigenvalue weighted by molar-refractivity contribution is 7.22. The van der Waals surface area contributed by atoms with Gasteiger partial charge in [0.05, 0.1) is 36.0 Å². The molecule has 1 fully saturated rings. The number of pyridine rings is 1. The van der Waals surface area contributed by atoms with Crippen molar-refractivity contribution in [3.63, 3.8) is 0 Å². The average molecular weight is 435 g/mol. The van der Waals surface area contributed by atoms with Crippen molar-refractivity contribution in [2.45, 2.75) is 44.4 Å². The number of thiazole rings is 1. The fraction of sp³-hybridized carbons (Fsp3) is 0.364. The van der Waals surface area contributed by atoms with E-state index in [0.717, 1.165) is 46.6 Å². The fourth-order valence-corrected chi connectivity index (χ4v) is 5.11. The van der Waals surface area contributed by atoms with Crippen molar-refractivity contribution in [2.24, 2.45) is 0 Å². The summed E-state index contributed by atoms with van der Waals surface area (Å²) in [5.74, 6) is 0.772. The van der Waals surface area contributed by atoms with Crippen LogP contribution in [0.2, 0.25) is 0 Å². The van der Waals surface area contributed by atoms with Gasteiger partial charge in [-0.25, -0.2) is 9.97 Å². The first kappa shape index (κ1) is 19.7. The number of hydrogen-bond donors (Lipinski definition) is 2. The Morgan fingerprint density at radius 2 is 2.10 bits per heavy atom. The van der Waals surface area contributed by atoms with Crippen LogP contribution in [0, 0.1) is 11.3 Å². The summed E-state index contributed by atoms with van der Waals surface area (Å²) in [6.07, 6.45) is 3.63. The molecule has 1 aliphatic carbocycles. The molecule has 0 bridgehead atoms. The lowest BCUT2D eigenvalue weighted by Crippen LogP contribution is -2.36. The predicted molar refractivity (Wildman–Crippen MR) is 119 cm³/mol. The first-order valence-corrected chi connectivity index (χ1v) is 11.1. The van der Waals surface area contributed by atoms with Crippen molar-refractivity contribution in [1.82, 2.24) is 19.5 Å². The molecule has 0 saturated heterocycles. The van der Waals surface area contributed by atoms with Crippen LogP contribution >= 0.6 is 11.3 Å². The number of fused-ring (bicyclic) bond motifs is 2.